The number of hydrogen-bond acceptors (Lipinski definition) is 2. The molecule has 1 fully saturated rings. The third-order valence-corrected chi connectivity index (χ3v) is 4.00. The van der Waals surface area contributed by atoms with Crippen LogP contribution in [0.5, 0.6) is 0 Å². The minimum Gasteiger partial charge on any atom is -0.459 e. The largest absolute Gasteiger partial charge is 0.459 e. The molecule has 2 unspecified atom stereocenters. The third kappa shape index (κ3) is 3.72. The third-order valence-electron chi connectivity index (χ3n) is 3.77. The van der Waals surface area contributed by atoms with E-state index in [0.29, 0.717) is 10.9 Å². The zero-order chi connectivity index (χ0) is 14.9. The summed E-state index contributed by atoms with van der Waals surface area (Å²) in [4.78, 5) is 12.1. The number of ether oxygens (including phenoxy) is 1. The Balaban J connectivity index is 2.09. The number of carbonyl (C=O) groups excluding carboxylic acids is 1. The molecule has 0 saturated heterocycles. The predicted octanol–water partition coefficient (Wildman–Crippen LogP) is 4.85. The Morgan fingerprint density at radius 3 is 2.75 bits per heavy atom. The SMILES string of the molecule is CC1CC(OC(=O)c2cc(Cl)ccc2F)CC(C)(C)C1. The first-order valence-corrected chi connectivity index (χ1v) is 7.31. The summed E-state index contributed by atoms with van der Waals surface area (Å²) in [7, 11) is 0. The Morgan fingerprint density at radius 2 is 2.10 bits per heavy atom. The molecule has 4 heteroatoms. The van der Waals surface area contributed by atoms with Crippen molar-refractivity contribution >= 4 is 17.6 Å². The fourth-order valence-corrected chi connectivity index (χ4v) is 3.39. The van der Waals surface area contributed by atoms with Gasteiger partial charge < -0.3 is 4.74 Å². The van der Waals surface area contributed by atoms with Gasteiger partial charge in [-0.15, -0.1) is 0 Å². The summed E-state index contributed by atoms with van der Waals surface area (Å²) in [5.41, 5.74) is 0.0590. The van der Waals surface area contributed by atoms with E-state index in [4.69, 9.17) is 16.3 Å². The summed E-state index contributed by atoms with van der Waals surface area (Å²) in [6, 6.07) is 3.92. The molecule has 0 heterocycles. The minimum atomic E-state index is -0.625. The number of esters is 1. The van der Waals surface area contributed by atoms with Crippen molar-refractivity contribution in [2.75, 3.05) is 0 Å². The van der Waals surface area contributed by atoms with Crippen molar-refractivity contribution in [2.24, 2.45) is 11.3 Å². The van der Waals surface area contributed by atoms with E-state index in [0.717, 1.165) is 19.3 Å². The zero-order valence-electron chi connectivity index (χ0n) is 12.1. The Labute approximate surface area is 124 Å². The molecular formula is C16H20ClFO2. The molecule has 0 amide bonds. The molecule has 1 aliphatic carbocycles. The highest BCUT2D eigenvalue weighted by Gasteiger charge is 2.34. The number of benzene rings is 1. The molecule has 0 bridgehead atoms. The van der Waals surface area contributed by atoms with Gasteiger partial charge in [-0.3, -0.25) is 0 Å². The molecule has 2 atom stereocenters. The van der Waals surface area contributed by atoms with Crippen molar-refractivity contribution in [1.29, 1.82) is 0 Å². The highest BCUT2D eigenvalue weighted by atomic mass is 35.5. The van der Waals surface area contributed by atoms with Crippen LogP contribution in [-0.4, -0.2) is 12.1 Å². The molecule has 110 valence electrons. The van der Waals surface area contributed by atoms with Crippen molar-refractivity contribution in [1.82, 2.24) is 0 Å². The van der Waals surface area contributed by atoms with Crippen LogP contribution in [0.25, 0.3) is 0 Å². The summed E-state index contributed by atoms with van der Waals surface area (Å²) in [5.74, 6) is -0.719. The van der Waals surface area contributed by atoms with Crippen LogP contribution in [0.4, 0.5) is 4.39 Å². The van der Waals surface area contributed by atoms with Crippen molar-refractivity contribution in [2.45, 2.75) is 46.1 Å². The van der Waals surface area contributed by atoms with Crippen molar-refractivity contribution < 1.29 is 13.9 Å². The van der Waals surface area contributed by atoms with Crippen molar-refractivity contribution in [3.05, 3.63) is 34.6 Å². The van der Waals surface area contributed by atoms with Gasteiger partial charge in [0.1, 0.15) is 11.9 Å². The number of hydrogen-bond donors (Lipinski definition) is 0. The second kappa shape index (κ2) is 5.72. The lowest BCUT2D eigenvalue weighted by atomic mass is 9.71. The fourth-order valence-electron chi connectivity index (χ4n) is 3.22. The fraction of sp³-hybridized carbons (Fsp3) is 0.562. The minimum absolute atomic E-state index is 0.0893. The molecule has 20 heavy (non-hydrogen) atoms. The van der Waals surface area contributed by atoms with Gasteiger partial charge in [0.05, 0.1) is 5.56 Å². The van der Waals surface area contributed by atoms with Gasteiger partial charge >= 0.3 is 5.97 Å². The Bertz CT molecular complexity index is 513. The highest BCUT2D eigenvalue weighted by Crippen LogP contribution is 2.39. The van der Waals surface area contributed by atoms with E-state index in [1.807, 2.05) is 0 Å². The van der Waals surface area contributed by atoms with Crippen molar-refractivity contribution in [3.63, 3.8) is 0 Å². The first-order chi connectivity index (χ1) is 9.27. The summed E-state index contributed by atoms with van der Waals surface area (Å²) >= 11 is 5.80. The first kappa shape index (κ1) is 15.3. The number of carbonyl (C=O) groups is 1. The molecule has 2 nitrogen and oxygen atoms in total. The van der Waals surface area contributed by atoms with E-state index < -0.39 is 11.8 Å². The Kier molecular flexibility index (Phi) is 4.38. The van der Waals surface area contributed by atoms with E-state index in [9.17, 15) is 9.18 Å². The topological polar surface area (TPSA) is 26.3 Å². The van der Waals surface area contributed by atoms with Crippen LogP contribution < -0.4 is 0 Å². The Morgan fingerprint density at radius 1 is 1.40 bits per heavy atom. The average Bonchev–Trinajstić information content (AvgIpc) is 2.29. The van der Waals surface area contributed by atoms with Gasteiger partial charge in [-0.1, -0.05) is 32.4 Å². The molecular weight excluding hydrogens is 279 g/mol. The maximum absolute atomic E-state index is 13.6. The second-order valence-electron chi connectivity index (χ2n) is 6.56. The van der Waals surface area contributed by atoms with Crippen LogP contribution in [0, 0.1) is 17.2 Å². The smallest absolute Gasteiger partial charge is 0.341 e. The van der Waals surface area contributed by atoms with Gasteiger partial charge in [0.15, 0.2) is 0 Å². The predicted molar refractivity (Wildman–Crippen MR) is 77.4 cm³/mol. The van der Waals surface area contributed by atoms with Crippen molar-refractivity contribution in [3.8, 4) is 0 Å². The molecule has 0 aromatic heterocycles. The molecule has 0 aliphatic heterocycles. The molecule has 0 N–H and O–H groups in total. The molecule has 1 aliphatic rings. The zero-order valence-corrected chi connectivity index (χ0v) is 12.8. The van der Waals surface area contributed by atoms with Crippen LogP contribution in [0.1, 0.15) is 50.4 Å². The summed E-state index contributed by atoms with van der Waals surface area (Å²) in [5, 5.41) is 0.329. The standard InChI is InChI=1S/C16H20ClFO2/c1-10-6-12(9-16(2,3)8-10)20-15(19)13-7-11(17)4-5-14(13)18/h4-5,7,10,12H,6,8-9H2,1-3H3. The van der Waals surface area contributed by atoms with E-state index >= 15 is 0 Å². The highest BCUT2D eigenvalue weighted by molar-refractivity contribution is 6.30. The lowest BCUT2D eigenvalue weighted by Crippen LogP contribution is -2.34. The molecule has 1 saturated carbocycles. The van der Waals surface area contributed by atoms with E-state index in [1.165, 1.54) is 18.2 Å². The normalized spacial score (nSPS) is 25.2. The van der Waals surface area contributed by atoms with Gasteiger partial charge in [-0.2, -0.15) is 0 Å². The van der Waals surface area contributed by atoms with E-state index in [1.54, 1.807) is 0 Å². The molecule has 2 rings (SSSR count). The van der Waals surface area contributed by atoms with Gasteiger partial charge in [0.25, 0.3) is 0 Å². The lowest BCUT2D eigenvalue weighted by molar-refractivity contribution is -0.00750. The van der Waals surface area contributed by atoms with Crippen LogP contribution in [0.15, 0.2) is 18.2 Å². The van der Waals surface area contributed by atoms with Crippen LogP contribution in [0.2, 0.25) is 5.02 Å². The summed E-state index contributed by atoms with van der Waals surface area (Å²) < 4.78 is 19.1. The quantitative estimate of drug-likeness (QED) is 0.730. The summed E-state index contributed by atoms with van der Waals surface area (Å²) in [6.07, 6.45) is 2.61. The maximum atomic E-state index is 13.6. The molecule has 1 aromatic rings. The molecule has 1 aromatic carbocycles. The van der Waals surface area contributed by atoms with Crippen LogP contribution in [0.3, 0.4) is 0 Å². The van der Waals surface area contributed by atoms with Gasteiger partial charge in [-0.25, -0.2) is 9.18 Å². The van der Waals surface area contributed by atoms with E-state index in [-0.39, 0.29) is 17.1 Å². The van der Waals surface area contributed by atoms with Crippen LogP contribution >= 0.6 is 11.6 Å². The number of rotatable bonds is 2. The summed E-state index contributed by atoms with van der Waals surface area (Å²) in [6.45, 7) is 6.49. The van der Waals surface area contributed by atoms with Gasteiger partial charge in [0.2, 0.25) is 0 Å². The molecule has 0 spiro atoms. The Hall–Kier alpha value is -1.09. The van der Waals surface area contributed by atoms with Crippen LogP contribution in [-0.2, 0) is 4.74 Å². The second-order valence-corrected chi connectivity index (χ2v) is 7.00. The average molecular weight is 299 g/mol. The molecule has 0 radical (unpaired) electrons. The van der Waals surface area contributed by atoms with Gasteiger partial charge in [0, 0.05) is 5.02 Å². The lowest BCUT2D eigenvalue weighted by Gasteiger charge is -2.38. The first-order valence-electron chi connectivity index (χ1n) is 6.93. The number of halogens is 2. The van der Waals surface area contributed by atoms with E-state index in [2.05, 4.69) is 20.8 Å². The monoisotopic (exact) mass is 298 g/mol. The van der Waals surface area contributed by atoms with Gasteiger partial charge in [-0.05, 0) is 48.8 Å². The maximum Gasteiger partial charge on any atom is 0.341 e.